The number of nitrogens with zero attached hydrogens (tertiary/aromatic N) is 4. The second-order valence-electron chi connectivity index (χ2n) is 4.34. The Labute approximate surface area is 115 Å². The van der Waals surface area contributed by atoms with Gasteiger partial charge in [0.05, 0.1) is 12.2 Å². The number of ether oxygens (including phenoxy) is 1. The average Bonchev–Trinajstić information content (AvgIpc) is 2.94. The van der Waals surface area contributed by atoms with E-state index in [0.29, 0.717) is 18.2 Å². The summed E-state index contributed by atoms with van der Waals surface area (Å²) < 4.78 is 5.67. The molecule has 1 aromatic rings. The van der Waals surface area contributed by atoms with Crippen LogP contribution in [0.5, 0.6) is 5.75 Å². The second-order valence-corrected chi connectivity index (χ2v) is 4.34. The molecule has 1 atom stereocenters. The molecule has 1 N–H and O–H groups in total. The maximum Gasteiger partial charge on any atom is 0.277 e. The molecule has 0 fully saturated rings. The first kappa shape index (κ1) is 12.5. The molecule has 20 heavy (non-hydrogen) atoms. The minimum absolute atomic E-state index is 0.223. The second kappa shape index (κ2) is 5.20. The number of para-hydroxylation sites is 1. The number of benzene rings is 1. The molecule has 1 aromatic carbocycles. The summed E-state index contributed by atoms with van der Waals surface area (Å²) in [7, 11) is 0. The lowest BCUT2D eigenvalue weighted by Crippen LogP contribution is -2.45. The molecule has 2 heterocycles. The van der Waals surface area contributed by atoms with E-state index in [1.165, 1.54) is 0 Å². The number of carbonyl (C=O) groups is 1. The van der Waals surface area contributed by atoms with Gasteiger partial charge in [-0.2, -0.15) is 0 Å². The summed E-state index contributed by atoms with van der Waals surface area (Å²) in [5, 5.41) is 13.7. The highest BCUT2D eigenvalue weighted by Crippen LogP contribution is 2.21. The van der Waals surface area contributed by atoms with E-state index in [1.54, 1.807) is 0 Å². The average molecular weight is 271 g/mol. The number of rotatable bonds is 4. The van der Waals surface area contributed by atoms with Gasteiger partial charge in [-0.25, -0.2) is 4.99 Å². The molecule has 102 valence electrons. The zero-order valence-corrected chi connectivity index (χ0v) is 10.9. The van der Waals surface area contributed by atoms with E-state index < -0.39 is 6.17 Å². The monoisotopic (exact) mass is 271 g/mol. The molecule has 1 amide bonds. The van der Waals surface area contributed by atoms with Crippen LogP contribution in [0.3, 0.4) is 0 Å². The lowest BCUT2D eigenvalue weighted by molar-refractivity contribution is -0.113. The van der Waals surface area contributed by atoms with Gasteiger partial charge in [-0.3, -0.25) is 4.79 Å². The first-order valence-corrected chi connectivity index (χ1v) is 6.38. The number of aliphatic imine (C=N–C) groups is 1. The lowest BCUT2D eigenvalue weighted by atomic mass is 10.1. The molecule has 2 aliphatic rings. The zero-order valence-electron chi connectivity index (χ0n) is 10.9. The number of hydrogen-bond acceptors (Lipinski definition) is 6. The molecule has 7 nitrogen and oxygen atoms in total. The SMILES string of the molecule is CCCOc1ccccc1C1=NC2N=NN=C2C(=O)N1. The van der Waals surface area contributed by atoms with Gasteiger partial charge in [-0.1, -0.05) is 19.1 Å². The van der Waals surface area contributed by atoms with Crippen LogP contribution in [-0.2, 0) is 4.79 Å². The Morgan fingerprint density at radius 1 is 1.35 bits per heavy atom. The van der Waals surface area contributed by atoms with E-state index in [2.05, 4.69) is 25.7 Å². The van der Waals surface area contributed by atoms with E-state index in [4.69, 9.17) is 4.74 Å². The molecule has 7 heteroatoms. The van der Waals surface area contributed by atoms with Gasteiger partial charge in [0.2, 0.25) is 6.17 Å². The van der Waals surface area contributed by atoms with Crippen molar-refractivity contribution in [1.82, 2.24) is 5.32 Å². The Balaban J connectivity index is 1.95. The molecule has 0 spiro atoms. The molecule has 0 saturated heterocycles. The van der Waals surface area contributed by atoms with Crippen molar-refractivity contribution >= 4 is 17.5 Å². The van der Waals surface area contributed by atoms with Crippen molar-refractivity contribution < 1.29 is 9.53 Å². The van der Waals surface area contributed by atoms with Crippen LogP contribution in [-0.4, -0.2) is 30.2 Å². The lowest BCUT2D eigenvalue weighted by Gasteiger charge is -2.18. The summed E-state index contributed by atoms with van der Waals surface area (Å²) in [6.07, 6.45) is 0.263. The number of amides is 1. The minimum Gasteiger partial charge on any atom is -0.493 e. The minimum atomic E-state index is -0.641. The number of fused-ring (bicyclic) bond motifs is 1. The Morgan fingerprint density at radius 3 is 3.05 bits per heavy atom. The largest absolute Gasteiger partial charge is 0.493 e. The van der Waals surface area contributed by atoms with Crippen LogP contribution in [0.2, 0.25) is 0 Å². The first-order valence-electron chi connectivity index (χ1n) is 6.38. The van der Waals surface area contributed by atoms with Gasteiger partial charge in [0, 0.05) is 0 Å². The third-order valence-corrected chi connectivity index (χ3v) is 2.88. The Bertz CT molecular complexity index is 635. The van der Waals surface area contributed by atoms with Crippen molar-refractivity contribution in [2.24, 2.45) is 20.4 Å². The predicted molar refractivity (Wildman–Crippen MR) is 73.0 cm³/mol. The highest BCUT2D eigenvalue weighted by molar-refractivity contribution is 6.45. The van der Waals surface area contributed by atoms with Crippen LogP contribution >= 0.6 is 0 Å². The van der Waals surface area contributed by atoms with Gasteiger partial charge in [-0.15, -0.1) is 10.2 Å². The summed E-state index contributed by atoms with van der Waals surface area (Å²) in [5.41, 5.74) is 0.955. The number of carbonyl (C=O) groups excluding carboxylic acids is 1. The van der Waals surface area contributed by atoms with Gasteiger partial charge in [-0.05, 0) is 23.8 Å². The highest BCUT2D eigenvalue weighted by Gasteiger charge is 2.33. The Kier molecular flexibility index (Phi) is 3.24. The molecule has 0 aromatic heterocycles. The van der Waals surface area contributed by atoms with Gasteiger partial charge in [0.25, 0.3) is 5.91 Å². The standard InChI is InChI=1S/C13H13N5O2/c1-2-7-20-9-6-4-3-5-8(9)11-14-12-10(13(19)15-11)16-18-17-12/h3-6,12H,2,7H2,1H3,(H,14,15,19). The van der Waals surface area contributed by atoms with E-state index in [1.807, 2.05) is 31.2 Å². The van der Waals surface area contributed by atoms with Crippen LogP contribution < -0.4 is 10.1 Å². The molecule has 0 bridgehead atoms. The van der Waals surface area contributed by atoms with Crippen LogP contribution in [0, 0.1) is 0 Å². The fourth-order valence-corrected chi connectivity index (χ4v) is 1.94. The van der Waals surface area contributed by atoms with Crippen LogP contribution in [0.4, 0.5) is 0 Å². The van der Waals surface area contributed by atoms with Crippen molar-refractivity contribution in [3.63, 3.8) is 0 Å². The van der Waals surface area contributed by atoms with Gasteiger partial charge in [0.1, 0.15) is 11.6 Å². The molecule has 0 saturated carbocycles. The Morgan fingerprint density at radius 2 is 2.20 bits per heavy atom. The van der Waals surface area contributed by atoms with Gasteiger partial charge >= 0.3 is 0 Å². The maximum absolute atomic E-state index is 11.9. The molecule has 3 rings (SSSR count). The number of nitrogens with one attached hydrogen (secondary N) is 1. The smallest absolute Gasteiger partial charge is 0.277 e. The number of hydrogen-bond donors (Lipinski definition) is 1. The topological polar surface area (TPSA) is 87.8 Å². The summed E-state index contributed by atoms with van der Waals surface area (Å²) >= 11 is 0. The van der Waals surface area contributed by atoms with Crippen molar-refractivity contribution in [3.8, 4) is 5.75 Å². The molecular weight excluding hydrogens is 258 g/mol. The summed E-state index contributed by atoms with van der Waals surface area (Å²) in [5.74, 6) is 0.797. The zero-order chi connectivity index (χ0) is 13.9. The first-order chi connectivity index (χ1) is 9.79. The molecule has 2 aliphatic heterocycles. The van der Waals surface area contributed by atoms with E-state index >= 15 is 0 Å². The van der Waals surface area contributed by atoms with E-state index in [9.17, 15) is 4.79 Å². The molecule has 0 aliphatic carbocycles. The summed E-state index contributed by atoms with van der Waals surface area (Å²) in [4.78, 5) is 16.2. The van der Waals surface area contributed by atoms with Crippen molar-refractivity contribution in [3.05, 3.63) is 29.8 Å². The number of amidine groups is 1. The summed E-state index contributed by atoms with van der Waals surface area (Å²) in [6.45, 7) is 2.64. The molecule has 0 radical (unpaired) electrons. The fourth-order valence-electron chi connectivity index (χ4n) is 1.94. The Hall–Kier alpha value is -2.57. The van der Waals surface area contributed by atoms with Crippen LogP contribution in [0.1, 0.15) is 18.9 Å². The third kappa shape index (κ3) is 2.18. The van der Waals surface area contributed by atoms with Crippen molar-refractivity contribution in [1.29, 1.82) is 0 Å². The highest BCUT2D eigenvalue weighted by atomic mass is 16.5. The quantitative estimate of drug-likeness (QED) is 0.899. The maximum atomic E-state index is 11.9. The van der Waals surface area contributed by atoms with E-state index in [0.717, 1.165) is 12.0 Å². The van der Waals surface area contributed by atoms with Crippen molar-refractivity contribution in [2.45, 2.75) is 19.5 Å². The van der Waals surface area contributed by atoms with E-state index in [-0.39, 0.29) is 11.6 Å². The van der Waals surface area contributed by atoms with Gasteiger partial charge < -0.3 is 10.1 Å². The normalized spacial score (nSPS) is 20.1. The third-order valence-electron chi connectivity index (χ3n) is 2.88. The van der Waals surface area contributed by atoms with Crippen molar-refractivity contribution in [2.75, 3.05) is 6.61 Å². The van der Waals surface area contributed by atoms with Gasteiger partial charge in [0.15, 0.2) is 5.71 Å². The molecule has 1 unspecified atom stereocenters. The fraction of sp³-hybridized carbons (Fsp3) is 0.308. The van der Waals surface area contributed by atoms with Crippen LogP contribution in [0.25, 0.3) is 0 Å². The predicted octanol–water partition coefficient (Wildman–Crippen LogP) is 1.50. The van der Waals surface area contributed by atoms with Crippen LogP contribution in [0.15, 0.2) is 44.7 Å². The summed E-state index contributed by atoms with van der Waals surface area (Å²) in [6, 6.07) is 7.43. The molecular formula is C13H13N5O2.